The quantitative estimate of drug-likeness (QED) is 0.859. The number of aromatic amines is 1. The van der Waals surface area contributed by atoms with E-state index in [1.807, 2.05) is 4.90 Å². The number of piperazine rings is 1. The number of rotatable bonds is 3. The van der Waals surface area contributed by atoms with Crippen LogP contribution in [0.3, 0.4) is 0 Å². The van der Waals surface area contributed by atoms with Gasteiger partial charge in [0, 0.05) is 45.1 Å². The van der Waals surface area contributed by atoms with Gasteiger partial charge < -0.3 is 15.6 Å². The summed E-state index contributed by atoms with van der Waals surface area (Å²) in [6, 6.07) is 3.58. The molecule has 7 nitrogen and oxygen atoms in total. The number of carbonyl (C=O) groups is 1. The second-order valence-electron chi connectivity index (χ2n) is 5.10. The molecule has 0 aliphatic carbocycles. The first kappa shape index (κ1) is 19.2. The van der Waals surface area contributed by atoms with Crippen LogP contribution in [0.1, 0.15) is 16.1 Å². The van der Waals surface area contributed by atoms with Crippen LogP contribution in [0.25, 0.3) is 0 Å². The number of imidazole rings is 1. The Balaban J connectivity index is 0.00000132. The lowest BCUT2D eigenvalue weighted by molar-refractivity contribution is 0.0627. The summed E-state index contributed by atoms with van der Waals surface area (Å²) < 4.78 is 0. The molecule has 1 aliphatic rings. The van der Waals surface area contributed by atoms with E-state index in [1.165, 1.54) is 0 Å². The minimum absolute atomic E-state index is 0. The predicted octanol–water partition coefficient (Wildman–Crippen LogP) is 1.19. The molecule has 3 rings (SSSR count). The van der Waals surface area contributed by atoms with Gasteiger partial charge in [-0.2, -0.15) is 0 Å². The summed E-state index contributed by atoms with van der Waals surface area (Å²) in [6.45, 7) is 3.89. The maximum absolute atomic E-state index is 12.3. The highest BCUT2D eigenvalue weighted by atomic mass is 35.5. The van der Waals surface area contributed by atoms with E-state index in [0.717, 1.165) is 38.4 Å². The van der Waals surface area contributed by atoms with Crippen LogP contribution < -0.4 is 5.73 Å². The fraction of sp³-hybridized carbons (Fsp3) is 0.357. The lowest BCUT2D eigenvalue weighted by atomic mass is 10.2. The highest BCUT2D eigenvalue weighted by molar-refractivity contribution is 5.93. The summed E-state index contributed by atoms with van der Waals surface area (Å²) in [7, 11) is 0. The van der Waals surface area contributed by atoms with E-state index in [0.29, 0.717) is 11.5 Å². The van der Waals surface area contributed by atoms with Gasteiger partial charge in [-0.15, -0.1) is 24.8 Å². The van der Waals surface area contributed by atoms with Crippen molar-refractivity contribution in [2.75, 3.05) is 31.9 Å². The van der Waals surface area contributed by atoms with Crippen molar-refractivity contribution < 1.29 is 4.79 Å². The van der Waals surface area contributed by atoms with Gasteiger partial charge in [-0.05, 0) is 12.1 Å². The molecule has 0 atom stereocenters. The number of nitrogens with two attached hydrogens (primary N) is 1. The number of nitrogens with zero attached hydrogens (tertiary/aromatic N) is 4. The molecule has 0 bridgehead atoms. The summed E-state index contributed by atoms with van der Waals surface area (Å²) in [5, 5.41) is 0. The highest BCUT2D eigenvalue weighted by Gasteiger charge is 2.22. The number of anilines is 1. The fourth-order valence-corrected chi connectivity index (χ4v) is 2.48. The Labute approximate surface area is 147 Å². The van der Waals surface area contributed by atoms with Crippen LogP contribution in [-0.2, 0) is 6.54 Å². The molecule has 0 saturated carbocycles. The molecule has 1 saturated heterocycles. The third-order valence-electron chi connectivity index (χ3n) is 3.61. The molecule has 1 fully saturated rings. The number of carbonyl (C=O) groups excluding carboxylic acids is 1. The van der Waals surface area contributed by atoms with E-state index in [-0.39, 0.29) is 30.7 Å². The average Bonchev–Trinajstić information content (AvgIpc) is 2.93. The average molecular weight is 359 g/mol. The number of H-pyrrole nitrogens is 1. The Morgan fingerprint density at radius 3 is 2.52 bits per heavy atom. The lowest BCUT2D eigenvalue weighted by Gasteiger charge is -2.34. The number of aromatic nitrogens is 3. The van der Waals surface area contributed by atoms with E-state index < -0.39 is 0 Å². The minimum Gasteiger partial charge on any atom is -0.369 e. The van der Waals surface area contributed by atoms with Gasteiger partial charge >= 0.3 is 0 Å². The predicted molar refractivity (Wildman–Crippen MR) is 92.9 cm³/mol. The van der Waals surface area contributed by atoms with Crippen molar-refractivity contribution in [1.82, 2.24) is 24.8 Å². The molecule has 1 aliphatic heterocycles. The SMILES string of the molecule is Cl.Cl.Nc1ncc(CN2CCN(C(=O)c3cccnc3)CC2)[nH]1. The Bertz CT molecular complexity index is 613. The van der Waals surface area contributed by atoms with Gasteiger partial charge in [-0.25, -0.2) is 4.98 Å². The van der Waals surface area contributed by atoms with Crippen LogP contribution in [0, 0.1) is 0 Å². The molecular formula is C14H20Cl2N6O. The van der Waals surface area contributed by atoms with Gasteiger partial charge in [-0.3, -0.25) is 14.7 Å². The van der Waals surface area contributed by atoms with E-state index in [2.05, 4.69) is 19.9 Å². The van der Waals surface area contributed by atoms with Crippen LogP contribution in [0.15, 0.2) is 30.7 Å². The number of amides is 1. The normalized spacial score (nSPS) is 14.7. The summed E-state index contributed by atoms with van der Waals surface area (Å²) in [6.07, 6.45) is 5.04. The van der Waals surface area contributed by atoms with Crippen molar-refractivity contribution in [2.45, 2.75) is 6.54 Å². The van der Waals surface area contributed by atoms with Gasteiger partial charge in [0.15, 0.2) is 5.95 Å². The molecular weight excluding hydrogens is 339 g/mol. The third-order valence-corrected chi connectivity index (χ3v) is 3.61. The molecule has 0 spiro atoms. The number of hydrogen-bond donors (Lipinski definition) is 2. The Morgan fingerprint density at radius 2 is 1.96 bits per heavy atom. The third kappa shape index (κ3) is 4.82. The molecule has 2 aromatic rings. The van der Waals surface area contributed by atoms with Crippen LogP contribution in [0.4, 0.5) is 5.95 Å². The standard InChI is InChI=1S/C14H18N6O.2ClH/c15-14-17-9-12(18-14)10-19-4-6-20(7-5-19)13(21)11-2-1-3-16-8-11;;/h1-3,8-9H,4-7,10H2,(H3,15,17,18);2*1H. The van der Waals surface area contributed by atoms with Crippen molar-refractivity contribution >= 4 is 36.7 Å². The first-order valence-electron chi connectivity index (χ1n) is 6.93. The van der Waals surface area contributed by atoms with Crippen molar-refractivity contribution in [3.8, 4) is 0 Å². The Kier molecular flexibility index (Phi) is 7.28. The number of hydrogen-bond acceptors (Lipinski definition) is 5. The van der Waals surface area contributed by atoms with Gasteiger partial charge in [-0.1, -0.05) is 0 Å². The highest BCUT2D eigenvalue weighted by Crippen LogP contribution is 2.10. The van der Waals surface area contributed by atoms with Gasteiger partial charge in [0.05, 0.1) is 17.5 Å². The first-order valence-corrected chi connectivity index (χ1v) is 6.93. The Hall–Kier alpha value is -1.83. The minimum atomic E-state index is 0. The molecule has 126 valence electrons. The molecule has 23 heavy (non-hydrogen) atoms. The summed E-state index contributed by atoms with van der Waals surface area (Å²) in [5.41, 5.74) is 7.21. The summed E-state index contributed by atoms with van der Waals surface area (Å²) >= 11 is 0. The second kappa shape index (κ2) is 8.71. The second-order valence-corrected chi connectivity index (χ2v) is 5.10. The van der Waals surface area contributed by atoms with Crippen LogP contribution in [0.5, 0.6) is 0 Å². The largest absolute Gasteiger partial charge is 0.369 e. The van der Waals surface area contributed by atoms with Gasteiger partial charge in [0.2, 0.25) is 0 Å². The monoisotopic (exact) mass is 358 g/mol. The molecule has 0 radical (unpaired) electrons. The maximum Gasteiger partial charge on any atom is 0.255 e. The topological polar surface area (TPSA) is 91.1 Å². The van der Waals surface area contributed by atoms with Gasteiger partial charge in [0.1, 0.15) is 0 Å². The zero-order chi connectivity index (χ0) is 14.7. The first-order chi connectivity index (χ1) is 10.2. The molecule has 1 amide bonds. The van der Waals surface area contributed by atoms with Gasteiger partial charge in [0.25, 0.3) is 5.91 Å². The summed E-state index contributed by atoms with van der Waals surface area (Å²) in [4.78, 5) is 27.5. The molecule has 9 heteroatoms. The van der Waals surface area contributed by atoms with Crippen molar-refractivity contribution in [2.24, 2.45) is 0 Å². The fourth-order valence-electron chi connectivity index (χ4n) is 2.48. The molecule has 3 N–H and O–H groups in total. The molecule has 0 unspecified atom stereocenters. The van der Waals surface area contributed by atoms with Crippen LogP contribution in [-0.4, -0.2) is 56.8 Å². The zero-order valence-corrected chi connectivity index (χ0v) is 14.1. The number of halogens is 2. The zero-order valence-electron chi connectivity index (χ0n) is 12.5. The lowest BCUT2D eigenvalue weighted by Crippen LogP contribution is -2.48. The van der Waals surface area contributed by atoms with E-state index >= 15 is 0 Å². The molecule has 3 heterocycles. The maximum atomic E-state index is 12.3. The Morgan fingerprint density at radius 1 is 1.22 bits per heavy atom. The van der Waals surface area contributed by atoms with Crippen molar-refractivity contribution in [3.05, 3.63) is 42.0 Å². The van der Waals surface area contributed by atoms with E-state index in [9.17, 15) is 4.79 Å². The number of nitrogen functional groups attached to an aromatic ring is 1. The smallest absolute Gasteiger partial charge is 0.255 e. The van der Waals surface area contributed by atoms with E-state index in [4.69, 9.17) is 5.73 Å². The number of nitrogens with one attached hydrogen (secondary N) is 1. The molecule has 0 aromatic carbocycles. The van der Waals surface area contributed by atoms with E-state index in [1.54, 1.807) is 30.7 Å². The van der Waals surface area contributed by atoms with Crippen molar-refractivity contribution in [3.63, 3.8) is 0 Å². The number of pyridine rings is 1. The molecule has 2 aromatic heterocycles. The summed E-state index contributed by atoms with van der Waals surface area (Å²) in [5.74, 6) is 0.490. The van der Waals surface area contributed by atoms with Crippen molar-refractivity contribution in [1.29, 1.82) is 0 Å². The van der Waals surface area contributed by atoms with Crippen LogP contribution in [0.2, 0.25) is 0 Å². The van der Waals surface area contributed by atoms with Crippen LogP contribution >= 0.6 is 24.8 Å².